The molecule has 5 nitrogen and oxygen atoms in total. The van der Waals surface area contributed by atoms with E-state index in [4.69, 9.17) is 0 Å². The van der Waals surface area contributed by atoms with Crippen LogP contribution >= 0.6 is 27.7 Å². The highest BCUT2D eigenvalue weighted by atomic mass is 79.9. The lowest BCUT2D eigenvalue weighted by molar-refractivity contribution is 0.102. The highest BCUT2D eigenvalue weighted by Crippen LogP contribution is 2.23. The fourth-order valence-electron chi connectivity index (χ4n) is 2.20. The summed E-state index contributed by atoms with van der Waals surface area (Å²) in [5, 5.41) is 10.3. The van der Waals surface area contributed by atoms with Crippen molar-refractivity contribution in [3.8, 4) is 0 Å². The molecule has 0 saturated heterocycles. The lowest BCUT2D eigenvalue weighted by Crippen LogP contribution is -2.14. The van der Waals surface area contributed by atoms with Crippen molar-refractivity contribution in [2.24, 2.45) is 0 Å². The Morgan fingerprint density at radius 1 is 1.29 bits per heavy atom. The molecule has 0 radical (unpaired) electrons. The number of hydrogen-bond acceptors (Lipinski definition) is 4. The summed E-state index contributed by atoms with van der Waals surface area (Å²) in [6.45, 7) is 1.99. The van der Waals surface area contributed by atoms with E-state index < -0.39 is 0 Å². The molecule has 3 aromatic rings. The van der Waals surface area contributed by atoms with Gasteiger partial charge in [0, 0.05) is 21.5 Å². The number of carbonyl (C=O) groups is 1. The van der Waals surface area contributed by atoms with Crippen molar-refractivity contribution in [1.29, 1.82) is 0 Å². The van der Waals surface area contributed by atoms with Crippen molar-refractivity contribution in [3.05, 3.63) is 70.0 Å². The van der Waals surface area contributed by atoms with Crippen LogP contribution in [0.25, 0.3) is 0 Å². The molecule has 0 aliphatic rings. The van der Waals surface area contributed by atoms with Gasteiger partial charge in [-0.3, -0.25) is 9.89 Å². The second kappa shape index (κ2) is 7.63. The molecule has 7 heteroatoms. The summed E-state index contributed by atoms with van der Waals surface area (Å²) in [4.78, 5) is 16.7. The van der Waals surface area contributed by atoms with Crippen LogP contribution in [-0.4, -0.2) is 21.1 Å². The van der Waals surface area contributed by atoms with Crippen LogP contribution in [0, 0.1) is 6.92 Å². The molecule has 1 amide bonds. The minimum Gasteiger partial charge on any atom is -0.322 e. The number of anilines is 1. The molecule has 3 rings (SSSR count). The normalized spacial score (nSPS) is 10.6. The molecule has 2 aromatic carbocycles. The molecule has 1 heterocycles. The predicted molar refractivity (Wildman–Crippen MR) is 99.2 cm³/mol. The van der Waals surface area contributed by atoms with Gasteiger partial charge in [-0.2, -0.15) is 5.10 Å². The van der Waals surface area contributed by atoms with E-state index in [1.54, 1.807) is 0 Å². The highest BCUT2D eigenvalue weighted by Gasteiger charge is 2.12. The average molecular weight is 403 g/mol. The molecule has 0 bridgehead atoms. The van der Waals surface area contributed by atoms with Gasteiger partial charge in [-0.1, -0.05) is 45.9 Å². The standard InChI is InChI=1S/C17H15BrN4OS/c1-11-8-13(6-7-15(11)18)21-16(23)14-5-3-2-4-12(14)9-24-17-19-10-20-22-17/h2-8,10H,9H2,1H3,(H,21,23)(H,19,20,22). The van der Waals surface area contributed by atoms with Crippen LogP contribution in [0.2, 0.25) is 0 Å². The minimum absolute atomic E-state index is 0.120. The number of nitrogens with one attached hydrogen (secondary N) is 2. The van der Waals surface area contributed by atoms with E-state index in [2.05, 4.69) is 36.4 Å². The summed E-state index contributed by atoms with van der Waals surface area (Å²) < 4.78 is 1.02. The first-order valence-electron chi connectivity index (χ1n) is 7.27. The largest absolute Gasteiger partial charge is 0.322 e. The van der Waals surface area contributed by atoms with Crippen LogP contribution in [0.5, 0.6) is 0 Å². The van der Waals surface area contributed by atoms with E-state index in [1.807, 2.05) is 49.4 Å². The summed E-state index contributed by atoms with van der Waals surface area (Å²) in [6, 6.07) is 13.3. The van der Waals surface area contributed by atoms with Crippen LogP contribution in [0.3, 0.4) is 0 Å². The second-order valence-electron chi connectivity index (χ2n) is 5.15. The van der Waals surface area contributed by atoms with Gasteiger partial charge in [-0.05, 0) is 42.3 Å². The molecule has 24 heavy (non-hydrogen) atoms. The number of halogens is 1. The minimum atomic E-state index is -0.120. The maximum Gasteiger partial charge on any atom is 0.255 e. The third-order valence-electron chi connectivity index (χ3n) is 3.44. The van der Waals surface area contributed by atoms with Crippen LogP contribution in [0.4, 0.5) is 5.69 Å². The molecule has 0 saturated carbocycles. The zero-order valence-electron chi connectivity index (χ0n) is 12.9. The Bertz CT molecular complexity index is 852. The van der Waals surface area contributed by atoms with Gasteiger partial charge in [-0.15, -0.1) is 0 Å². The van der Waals surface area contributed by atoms with E-state index in [0.29, 0.717) is 11.3 Å². The van der Waals surface area contributed by atoms with Crippen LogP contribution in [0.15, 0.2) is 58.4 Å². The Labute approximate surface area is 152 Å². The first-order chi connectivity index (χ1) is 11.6. The lowest BCUT2D eigenvalue weighted by atomic mass is 10.1. The number of carbonyl (C=O) groups excluding carboxylic acids is 1. The number of aromatic amines is 1. The van der Waals surface area contributed by atoms with Crippen molar-refractivity contribution in [2.75, 3.05) is 5.32 Å². The molecule has 0 fully saturated rings. The molecule has 122 valence electrons. The van der Waals surface area contributed by atoms with Crippen molar-refractivity contribution >= 4 is 39.3 Å². The molecule has 0 aliphatic carbocycles. The number of nitrogens with zero attached hydrogens (tertiary/aromatic N) is 2. The molecule has 0 unspecified atom stereocenters. The SMILES string of the molecule is Cc1cc(NC(=O)c2ccccc2CSc2ncn[nH]2)ccc1Br. The topological polar surface area (TPSA) is 70.7 Å². The summed E-state index contributed by atoms with van der Waals surface area (Å²) in [5.74, 6) is 0.517. The smallest absolute Gasteiger partial charge is 0.255 e. The maximum atomic E-state index is 12.6. The van der Waals surface area contributed by atoms with E-state index >= 15 is 0 Å². The quantitative estimate of drug-likeness (QED) is 0.619. The Kier molecular flexibility index (Phi) is 5.32. The van der Waals surface area contributed by atoms with E-state index in [1.165, 1.54) is 18.1 Å². The van der Waals surface area contributed by atoms with Crippen LogP contribution in [0.1, 0.15) is 21.5 Å². The Morgan fingerprint density at radius 3 is 2.88 bits per heavy atom. The second-order valence-corrected chi connectivity index (χ2v) is 6.97. The molecule has 1 aromatic heterocycles. The summed E-state index contributed by atoms with van der Waals surface area (Å²) in [6.07, 6.45) is 1.47. The highest BCUT2D eigenvalue weighted by molar-refractivity contribution is 9.10. The first-order valence-corrected chi connectivity index (χ1v) is 9.05. The number of amides is 1. The zero-order valence-corrected chi connectivity index (χ0v) is 15.3. The average Bonchev–Trinajstić information content (AvgIpc) is 3.10. The molecule has 0 atom stereocenters. The summed E-state index contributed by atoms with van der Waals surface area (Å²) >= 11 is 4.97. The van der Waals surface area contributed by atoms with Gasteiger partial charge >= 0.3 is 0 Å². The van der Waals surface area contributed by atoms with Gasteiger partial charge < -0.3 is 5.32 Å². The number of rotatable bonds is 5. The first kappa shape index (κ1) is 16.7. The van der Waals surface area contributed by atoms with E-state index in [0.717, 1.165) is 26.4 Å². The van der Waals surface area contributed by atoms with Gasteiger partial charge in [0.05, 0.1) is 0 Å². The number of thioether (sulfide) groups is 1. The van der Waals surface area contributed by atoms with E-state index in [-0.39, 0.29) is 5.91 Å². The van der Waals surface area contributed by atoms with Gasteiger partial charge in [0.15, 0.2) is 5.16 Å². The Morgan fingerprint density at radius 2 is 2.12 bits per heavy atom. The Hall–Kier alpha value is -2.12. The third kappa shape index (κ3) is 4.04. The number of hydrogen-bond donors (Lipinski definition) is 2. The van der Waals surface area contributed by atoms with Crippen LogP contribution < -0.4 is 5.32 Å². The molecule has 0 aliphatic heterocycles. The maximum absolute atomic E-state index is 12.6. The number of H-pyrrole nitrogens is 1. The van der Waals surface area contributed by atoms with Gasteiger partial charge in [0.2, 0.25) is 0 Å². The predicted octanol–water partition coefficient (Wildman–Crippen LogP) is 4.42. The van der Waals surface area contributed by atoms with Gasteiger partial charge in [0.25, 0.3) is 5.91 Å². The van der Waals surface area contributed by atoms with Gasteiger partial charge in [-0.25, -0.2) is 4.98 Å². The molecule has 2 N–H and O–H groups in total. The lowest BCUT2D eigenvalue weighted by Gasteiger charge is -2.10. The summed E-state index contributed by atoms with van der Waals surface area (Å²) in [7, 11) is 0. The van der Waals surface area contributed by atoms with Gasteiger partial charge in [0.1, 0.15) is 6.33 Å². The zero-order chi connectivity index (χ0) is 16.9. The Balaban J connectivity index is 1.75. The van der Waals surface area contributed by atoms with Crippen molar-refractivity contribution in [1.82, 2.24) is 15.2 Å². The fraction of sp³-hybridized carbons (Fsp3) is 0.118. The molecular formula is C17H15BrN4OS. The van der Waals surface area contributed by atoms with Crippen molar-refractivity contribution in [2.45, 2.75) is 17.8 Å². The number of aryl methyl sites for hydroxylation is 1. The molecular weight excluding hydrogens is 388 g/mol. The van der Waals surface area contributed by atoms with E-state index in [9.17, 15) is 4.79 Å². The molecule has 0 spiro atoms. The third-order valence-corrected chi connectivity index (χ3v) is 5.25. The summed E-state index contributed by atoms with van der Waals surface area (Å²) in [5.41, 5.74) is 3.45. The number of aromatic nitrogens is 3. The fourth-order valence-corrected chi connectivity index (χ4v) is 3.23. The monoisotopic (exact) mass is 402 g/mol. The van der Waals surface area contributed by atoms with Crippen LogP contribution in [-0.2, 0) is 5.75 Å². The van der Waals surface area contributed by atoms with Crippen molar-refractivity contribution in [3.63, 3.8) is 0 Å². The van der Waals surface area contributed by atoms with Crippen molar-refractivity contribution < 1.29 is 4.79 Å². The number of benzene rings is 2.